The summed E-state index contributed by atoms with van der Waals surface area (Å²) in [6.07, 6.45) is -1.09. The highest BCUT2D eigenvalue weighted by Crippen LogP contribution is 2.37. The molecule has 9 heteroatoms. The number of alkyl halides is 3. The molecular formula is C15H12F3N5O. The van der Waals surface area contributed by atoms with Crippen molar-refractivity contribution in [3.63, 3.8) is 0 Å². The minimum atomic E-state index is -4.75. The Morgan fingerprint density at radius 1 is 1.33 bits per heavy atom. The summed E-state index contributed by atoms with van der Waals surface area (Å²) in [6.45, 7) is 7.50. The molecule has 3 rings (SSSR count). The number of nitrogens with zero attached hydrogens (tertiary/aromatic N) is 5. The number of ether oxygens (including phenoxy) is 1. The van der Waals surface area contributed by atoms with E-state index >= 15 is 0 Å². The van der Waals surface area contributed by atoms with Crippen LogP contribution in [0.1, 0.15) is 24.1 Å². The van der Waals surface area contributed by atoms with E-state index in [0.717, 1.165) is 0 Å². The molecule has 2 aromatic rings. The van der Waals surface area contributed by atoms with Crippen LogP contribution in [-0.4, -0.2) is 22.7 Å². The van der Waals surface area contributed by atoms with Crippen LogP contribution in [0.3, 0.4) is 0 Å². The minimum absolute atomic E-state index is 0.223. The highest BCUT2D eigenvalue weighted by atomic mass is 19.4. The quantitative estimate of drug-likeness (QED) is 0.777. The lowest BCUT2D eigenvalue weighted by molar-refractivity contribution is -0.274. The zero-order chi connectivity index (χ0) is 17.2. The Morgan fingerprint density at radius 3 is 2.88 bits per heavy atom. The van der Waals surface area contributed by atoms with Gasteiger partial charge in [0.25, 0.3) is 0 Å². The monoisotopic (exact) mass is 335 g/mol. The normalized spacial score (nSPS) is 20.6. The average Bonchev–Trinajstić information content (AvgIpc) is 3.02. The molecule has 2 heterocycles. The molecule has 0 spiro atoms. The summed E-state index contributed by atoms with van der Waals surface area (Å²) in [6, 6.07) is 4.97. The zero-order valence-corrected chi connectivity index (χ0v) is 12.3. The lowest BCUT2D eigenvalue weighted by Crippen LogP contribution is -2.21. The van der Waals surface area contributed by atoms with Gasteiger partial charge in [0.05, 0.1) is 25.4 Å². The van der Waals surface area contributed by atoms with Gasteiger partial charge in [-0.25, -0.2) is 4.85 Å². The molecule has 0 radical (unpaired) electrons. The van der Waals surface area contributed by atoms with Gasteiger partial charge >= 0.3 is 6.36 Å². The molecule has 0 fully saturated rings. The van der Waals surface area contributed by atoms with Crippen molar-refractivity contribution in [3.8, 4) is 5.75 Å². The lowest BCUT2D eigenvalue weighted by Gasteiger charge is -2.27. The van der Waals surface area contributed by atoms with Crippen LogP contribution >= 0.6 is 0 Å². The molecule has 1 aliphatic heterocycles. The van der Waals surface area contributed by atoms with Crippen molar-refractivity contribution in [2.45, 2.75) is 24.9 Å². The maximum absolute atomic E-state index is 12.4. The molecule has 24 heavy (non-hydrogen) atoms. The summed E-state index contributed by atoms with van der Waals surface area (Å²) < 4.78 is 42.8. The Balaban J connectivity index is 1.91. The topological polar surface area (TPSA) is 56.1 Å². The predicted octanol–water partition coefficient (Wildman–Crippen LogP) is 4.47. The molecule has 1 aromatic heterocycles. The molecule has 1 aliphatic rings. The van der Waals surface area contributed by atoms with E-state index in [1.54, 1.807) is 16.9 Å². The van der Waals surface area contributed by atoms with Crippen molar-refractivity contribution >= 4 is 5.69 Å². The second kappa shape index (κ2) is 6.31. The smallest absolute Gasteiger partial charge is 0.406 e. The fraction of sp³-hybridized carbons (Fsp3) is 0.333. The summed E-state index contributed by atoms with van der Waals surface area (Å²) in [7, 11) is 0. The van der Waals surface area contributed by atoms with Crippen LogP contribution < -0.4 is 4.74 Å². The maximum atomic E-state index is 12.4. The maximum Gasteiger partial charge on any atom is 0.573 e. The molecule has 124 valence electrons. The highest BCUT2D eigenvalue weighted by Gasteiger charge is 2.32. The van der Waals surface area contributed by atoms with Crippen molar-refractivity contribution in [1.29, 1.82) is 0 Å². The summed E-state index contributed by atoms with van der Waals surface area (Å²) >= 11 is 0. The molecule has 0 amide bonds. The van der Waals surface area contributed by atoms with Crippen molar-refractivity contribution in [3.05, 3.63) is 53.6 Å². The summed E-state index contributed by atoms with van der Waals surface area (Å²) in [5.41, 5.74) is 0.940. The summed E-state index contributed by atoms with van der Waals surface area (Å²) in [5.74, 6) is -0.304. The van der Waals surface area contributed by atoms with Gasteiger partial charge in [-0.3, -0.25) is 4.68 Å². The molecule has 0 saturated heterocycles. The summed E-state index contributed by atoms with van der Waals surface area (Å²) in [5, 5.41) is 12.3. The average molecular weight is 335 g/mol. The number of aromatic nitrogens is 2. The molecule has 6 nitrogen and oxygen atoms in total. The van der Waals surface area contributed by atoms with Crippen LogP contribution in [0.5, 0.6) is 5.75 Å². The van der Waals surface area contributed by atoms with Crippen LogP contribution in [-0.2, 0) is 0 Å². The molecule has 1 aromatic carbocycles. The van der Waals surface area contributed by atoms with E-state index in [1.807, 2.05) is 0 Å². The first kappa shape index (κ1) is 16.0. The van der Waals surface area contributed by atoms with Crippen LogP contribution in [0.15, 0.2) is 46.9 Å². The first-order chi connectivity index (χ1) is 11.5. The van der Waals surface area contributed by atoms with E-state index < -0.39 is 12.4 Å². The second-order valence-electron chi connectivity index (χ2n) is 5.19. The lowest BCUT2D eigenvalue weighted by atomic mass is 9.96. The minimum Gasteiger partial charge on any atom is -0.406 e. The third-order valence-corrected chi connectivity index (χ3v) is 3.59. The fourth-order valence-electron chi connectivity index (χ4n) is 2.60. The third kappa shape index (κ3) is 3.53. The number of halogens is 3. The van der Waals surface area contributed by atoms with Gasteiger partial charge in [-0.15, -0.1) is 13.2 Å². The van der Waals surface area contributed by atoms with Crippen molar-refractivity contribution in [2.75, 3.05) is 6.54 Å². The van der Waals surface area contributed by atoms with Crippen LogP contribution in [0.2, 0.25) is 0 Å². The number of hydrogen-bond donors (Lipinski definition) is 0. The van der Waals surface area contributed by atoms with Gasteiger partial charge < -0.3 is 4.74 Å². The molecule has 2 unspecified atom stereocenters. The van der Waals surface area contributed by atoms with Gasteiger partial charge in [0.1, 0.15) is 11.8 Å². The molecular weight excluding hydrogens is 323 g/mol. The Bertz CT molecular complexity index is 793. The number of hydrogen-bond acceptors (Lipinski definition) is 4. The Hall–Kier alpha value is -2.89. The second-order valence-corrected chi connectivity index (χ2v) is 5.19. The van der Waals surface area contributed by atoms with Crippen LogP contribution in [0.25, 0.3) is 4.85 Å². The van der Waals surface area contributed by atoms with Gasteiger partial charge in [0, 0.05) is 6.20 Å². The first-order valence-electron chi connectivity index (χ1n) is 7.10. The van der Waals surface area contributed by atoms with E-state index in [9.17, 15) is 13.2 Å². The molecule has 2 atom stereocenters. The molecule has 0 aliphatic carbocycles. The fourth-order valence-corrected chi connectivity index (χ4v) is 2.60. The van der Waals surface area contributed by atoms with Crippen molar-refractivity contribution in [2.24, 2.45) is 10.2 Å². The number of rotatable bonds is 3. The third-order valence-electron chi connectivity index (χ3n) is 3.59. The Morgan fingerprint density at radius 2 is 2.17 bits per heavy atom. The molecule has 0 saturated carbocycles. The highest BCUT2D eigenvalue weighted by molar-refractivity contribution is 5.39. The standard InChI is InChI=1S/C15H12F3N5O/c1-19-11-8-21-23(9-11)13-5-6-20-22-14(13)10-3-2-4-12(7-10)24-15(16,17)18/h2-4,7-9,13-14H,5-6H2. The molecule has 0 bridgehead atoms. The van der Waals surface area contributed by atoms with Crippen LogP contribution in [0, 0.1) is 6.57 Å². The largest absolute Gasteiger partial charge is 0.573 e. The van der Waals surface area contributed by atoms with E-state index in [-0.39, 0.29) is 11.8 Å². The van der Waals surface area contributed by atoms with E-state index in [2.05, 4.69) is 24.9 Å². The number of azo groups is 1. The van der Waals surface area contributed by atoms with E-state index in [1.165, 1.54) is 24.4 Å². The van der Waals surface area contributed by atoms with Crippen molar-refractivity contribution in [1.82, 2.24) is 9.78 Å². The van der Waals surface area contributed by atoms with E-state index in [4.69, 9.17) is 6.57 Å². The Kier molecular flexibility index (Phi) is 4.20. The van der Waals surface area contributed by atoms with Gasteiger partial charge in [0.2, 0.25) is 5.69 Å². The van der Waals surface area contributed by atoms with E-state index in [0.29, 0.717) is 24.2 Å². The van der Waals surface area contributed by atoms with Gasteiger partial charge in [-0.05, 0) is 24.1 Å². The van der Waals surface area contributed by atoms with Crippen molar-refractivity contribution < 1.29 is 17.9 Å². The van der Waals surface area contributed by atoms with Gasteiger partial charge in [-0.1, -0.05) is 12.1 Å². The SMILES string of the molecule is [C-]#[N+]c1cnn(C2CCN=NC2c2cccc(OC(F)(F)F)c2)c1. The Labute approximate surface area is 135 Å². The zero-order valence-electron chi connectivity index (χ0n) is 12.3. The van der Waals surface area contributed by atoms with Gasteiger partial charge in [-0.2, -0.15) is 15.3 Å². The molecule has 0 N–H and O–H groups in total. The summed E-state index contributed by atoms with van der Waals surface area (Å²) in [4.78, 5) is 3.31. The van der Waals surface area contributed by atoms with Gasteiger partial charge in [0.15, 0.2) is 0 Å². The number of benzene rings is 1. The first-order valence-corrected chi connectivity index (χ1v) is 7.10. The van der Waals surface area contributed by atoms with Crippen LogP contribution in [0.4, 0.5) is 18.9 Å². The predicted molar refractivity (Wildman–Crippen MR) is 77.7 cm³/mol.